The van der Waals surface area contributed by atoms with Gasteiger partial charge in [-0.1, -0.05) is 6.07 Å². The first-order valence-electron chi connectivity index (χ1n) is 6.33. The molecule has 0 aliphatic carbocycles. The summed E-state index contributed by atoms with van der Waals surface area (Å²) in [5, 5.41) is 3.17. The van der Waals surface area contributed by atoms with Crippen molar-refractivity contribution in [2.24, 2.45) is 0 Å². The van der Waals surface area contributed by atoms with Gasteiger partial charge in [0.05, 0.1) is 13.5 Å². The maximum absolute atomic E-state index is 11.5. The number of ether oxygens (including phenoxy) is 2. The molecule has 0 aliphatic heterocycles. The molecule has 1 N–H and O–H groups in total. The van der Waals surface area contributed by atoms with Crippen molar-refractivity contribution >= 4 is 5.97 Å². The Morgan fingerprint density at radius 1 is 1.42 bits per heavy atom. The number of carbonyl (C=O) groups is 1. The Kier molecular flexibility index (Phi) is 5.76. The Morgan fingerprint density at radius 2 is 2.16 bits per heavy atom. The number of nitrogens with zero attached hydrogens (tertiary/aromatic N) is 1. The van der Waals surface area contributed by atoms with E-state index in [0.29, 0.717) is 25.4 Å². The SMILES string of the molecule is COc1ncccc1CNCCC(=O)OC(C)(C)C. The molecule has 0 atom stereocenters. The van der Waals surface area contributed by atoms with Gasteiger partial charge in [0, 0.05) is 24.8 Å². The number of methoxy groups -OCH3 is 1. The molecule has 0 saturated heterocycles. The summed E-state index contributed by atoms with van der Waals surface area (Å²) >= 11 is 0. The van der Waals surface area contributed by atoms with Gasteiger partial charge in [0.2, 0.25) is 5.88 Å². The van der Waals surface area contributed by atoms with Crippen LogP contribution in [0.4, 0.5) is 0 Å². The number of carbonyl (C=O) groups excluding carboxylic acids is 1. The van der Waals surface area contributed by atoms with Crippen LogP contribution in [0.3, 0.4) is 0 Å². The lowest BCUT2D eigenvalue weighted by Gasteiger charge is -2.19. The molecule has 1 rings (SSSR count). The summed E-state index contributed by atoms with van der Waals surface area (Å²) in [5.41, 5.74) is 0.540. The van der Waals surface area contributed by atoms with Gasteiger partial charge in [0.15, 0.2) is 0 Å². The van der Waals surface area contributed by atoms with Gasteiger partial charge >= 0.3 is 5.97 Å². The first-order valence-corrected chi connectivity index (χ1v) is 6.33. The summed E-state index contributed by atoms with van der Waals surface area (Å²) in [7, 11) is 1.59. The van der Waals surface area contributed by atoms with E-state index in [2.05, 4.69) is 10.3 Å². The average Bonchev–Trinajstić information content (AvgIpc) is 2.33. The smallest absolute Gasteiger partial charge is 0.307 e. The molecule has 0 bridgehead atoms. The van der Waals surface area contributed by atoms with Crippen LogP contribution in [0.5, 0.6) is 5.88 Å². The van der Waals surface area contributed by atoms with Gasteiger partial charge in [-0.15, -0.1) is 0 Å². The Hall–Kier alpha value is -1.62. The molecule has 1 aromatic heterocycles. The third-order valence-corrected chi connectivity index (χ3v) is 2.28. The molecule has 106 valence electrons. The lowest BCUT2D eigenvalue weighted by Crippen LogP contribution is -2.26. The first kappa shape index (κ1) is 15.4. The second kappa shape index (κ2) is 7.09. The highest BCUT2D eigenvalue weighted by molar-refractivity contribution is 5.70. The minimum absolute atomic E-state index is 0.196. The zero-order valence-corrected chi connectivity index (χ0v) is 12.0. The summed E-state index contributed by atoms with van der Waals surface area (Å²) in [6, 6.07) is 3.79. The van der Waals surface area contributed by atoms with Gasteiger partial charge in [-0.3, -0.25) is 4.79 Å². The number of aromatic nitrogens is 1. The summed E-state index contributed by atoms with van der Waals surface area (Å²) in [4.78, 5) is 15.6. The third kappa shape index (κ3) is 6.20. The summed E-state index contributed by atoms with van der Waals surface area (Å²) in [5.74, 6) is 0.408. The van der Waals surface area contributed by atoms with Crippen LogP contribution in [-0.4, -0.2) is 30.2 Å². The Balaban J connectivity index is 2.29. The lowest BCUT2D eigenvalue weighted by molar-refractivity contribution is -0.154. The zero-order valence-electron chi connectivity index (χ0n) is 12.0. The highest BCUT2D eigenvalue weighted by atomic mass is 16.6. The van der Waals surface area contributed by atoms with Crippen molar-refractivity contribution in [3.8, 4) is 5.88 Å². The molecule has 0 unspecified atom stereocenters. The molecule has 19 heavy (non-hydrogen) atoms. The molecule has 5 nitrogen and oxygen atoms in total. The van der Waals surface area contributed by atoms with Crippen LogP contribution < -0.4 is 10.1 Å². The van der Waals surface area contributed by atoms with Gasteiger partial charge in [-0.25, -0.2) is 4.98 Å². The molecular formula is C14H22N2O3. The van der Waals surface area contributed by atoms with Gasteiger partial charge in [-0.2, -0.15) is 0 Å². The quantitative estimate of drug-likeness (QED) is 0.629. The Labute approximate surface area is 114 Å². The molecule has 0 aliphatic rings. The Morgan fingerprint density at radius 3 is 2.79 bits per heavy atom. The maximum Gasteiger partial charge on any atom is 0.307 e. The second-order valence-electron chi connectivity index (χ2n) is 5.19. The van der Waals surface area contributed by atoms with Crippen molar-refractivity contribution < 1.29 is 14.3 Å². The van der Waals surface area contributed by atoms with E-state index in [4.69, 9.17) is 9.47 Å². The number of esters is 1. The largest absolute Gasteiger partial charge is 0.481 e. The molecule has 1 heterocycles. The first-order chi connectivity index (χ1) is 8.92. The minimum atomic E-state index is -0.427. The number of pyridine rings is 1. The molecular weight excluding hydrogens is 244 g/mol. The van der Waals surface area contributed by atoms with Crippen molar-refractivity contribution in [1.29, 1.82) is 0 Å². The van der Waals surface area contributed by atoms with Crippen LogP contribution in [0.15, 0.2) is 18.3 Å². The molecule has 0 spiro atoms. The molecule has 0 radical (unpaired) electrons. The highest BCUT2D eigenvalue weighted by Crippen LogP contribution is 2.13. The van der Waals surface area contributed by atoms with E-state index in [9.17, 15) is 4.79 Å². The minimum Gasteiger partial charge on any atom is -0.481 e. The fourth-order valence-corrected chi connectivity index (χ4v) is 1.55. The van der Waals surface area contributed by atoms with E-state index in [1.54, 1.807) is 13.3 Å². The normalized spacial score (nSPS) is 11.2. The monoisotopic (exact) mass is 266 g/mol. The topological polar surface area (TPSA) is 60.5 Å². The second-order valence-corrected chi connectivity index (χ2v) is 5.19. The van der Waals surface area contributed by atoms with Crippen LogP contribution in [0.1, 0.15) is 32.8 Å². The lowest BCUT2D eigenvalue weighted by atomic mass is 10.2. The van der Waals surface area contributed by atoms with Crippen molar-refractivity contribution in [3.63, 3.8) is 0 Å². The number of rotatable bonds is 6. The number of hydrogen-bond donors (Lipinski definition) is 1. The number of nitrogens with one attached hydrogen (secondary N) is 1. The van der Waals surface area contributed by atoms with Crippen LogP contribution >= 0.6 is 0 Å². The van der Waals surface area contributed by atoms with Crippen molar-refractivity contribution in [2.45, 2.75) is 39.3 Å². The number of hydrogen-bond acceptors (Lipinski definition) is 5. The van der Waals surface area contributed by atoms with E-state index in [-0.39, 0.29) is 5.97 Å². The predicted octanol–water partition coefficient (Wildman–Crippen LogP) is 1.91. The molecule has 0 fully saturated rings. The predicted molar refractivity (Wildman–Crippen MR) is 73.0 cm³/mol. The molecule has 0 aromatic carbocycles. The van der Waals surface area contributed by atoms with Gasteiger partial charge in [0.1, 0.15) is 5.60 Å². The van der Waals surface area contributed by atoms with Crippen LogP contribution in [0.2, 0.25) is 0 Å². The fraction of sp³-hybridized carbons (Fsp3) is 0.571. The van der Waals surface area contributed by atoms with Gasteiger partial charge in [0.25, 0.3) is 0 Å². The average molecular weight is 266 g/mol. The van der Waals surface area contributed by atoms with Crippen LogP contribution in [0.25, 0.3) is 0 Å². The summed E-state index contributed by atoms with van der Waals surface area (Å²) < 4.78 is 10.4. The van der Waals surface area contributed by atoms with E-state index < -0.39 is 5.60 Å². The van der Waals surface area contributed by atoms with Crippen LogP contribution in [-0.2, 0) is 16.1 Å². The Bertz CT molecular complexity index is 413. The van der Waals surface area contributed by atoms with E-state index in [0.717, 1.165) is 5.56 Å². The highest BCUT2D eigenvalue weighted by Gasteiger charge is 2.15. The van der Waals surface area contributed by atoms with E-state index >= 15 is 0 Å². The maximum atomic E-state index is 11.5. The molecule has 1 aromatic rings. The summed E-state index contributed by atoms with van der Waals surface area (Å²) in [6.07, 6.45) is 2.03. The molecule has 5 heteroatoms. The standard InChI is InChI=1S/C14H22N2O3/c1-14(2,3)19-12(17)7-9-15-10-11-6-5-8-16-13(11)18-4/h5-6,8,15H,7,9-10H2,1-4H3. The van der Waals surface area contributed by atoms with Crippen LogP contribution in [0, 0.1) is 0 Å². The third-order valence-electron chi connectivity index (χ3n) is 2.28. The van der Waals surface area contributed by atoms with Crippen molar-refractivity contribution in [1.82, 2.24) is 10.3 Å². The van der Waals surface area contributed by atoms with Crippen molar-refractivity contribution in [3.05, 3.63) is 23.9 Å². The van der Waals surface area contributed by atoms with E-state index in [1.165, 1.54) is 0 Å². The van der Waals surface area contributed by atoms with Crippen molar-refractivity contribution in [2.75, 3.05) is 13.7 Å². The zero-order chi connectivity index (χ0) is 14.3. The van der Waals surface area contributed by atoms with Gasteiger partial charge < -0.3 is 14.8 Å². The van der Waals surface area contributed by atoms with Gasteiger partial charge in [-0.05, 0) is 26.8 Å². The fourth-order valence-electron chi connectivity index (χ4n) is 1.55. The molecule has 0 amide bonds. The molecule has 0 saturated carbocycles. The van der Waals surface area contributed by atoms with E-state index in [1.807, 2.05) is 32.9 Å². The summed E-state index contributed by atoms with van der Waals surface area (Å²) in [6.45, 7) is 6.75.